The summed E-state index contributed by atoms with van der Waals surface area (Å²) in [6.07, 6.45) is 5.66. The van der Waals surface area contributed by atoms with Gasteiger partial charge in [0, 0.05) is 6.04 Å². The Morgan fingerprint density at radius 1 is 1.33 bits per heavy atom. The van der Waals surface area contributed by atoms with Crippen LogP contribution in [0.4, 0.5) is 0 Å². The summed E-state index contributed by atoms with van der Waals surface area (Å²) in [4.78, 5) is 12.2. The van der Waals surface area contributed by atoms with Crippen LogP contribution in [0.2, 0.25) is 0 Å². The Morgan fingerprint density at radius 3 is 2.71 bits per heavy atom. The van der Waals surface area contributed by atoms with Crippen LogP contribution < -0.4 is 14.8 Å². The molecule has 1 fully saturated rings. The van der Waals surface area contributed by atoms with Crippen molar-refractivity contribution in [3.8, 4) is 23.6 Å². The molecule has 1 aliphatic rings. The van der Waals surface area contributed by atoms with Gasteiger partial charge in [0.25, 0.3) is 5.91 Å². The number of methoxy groups -OCH3 is 1. The molecule has 6 nitrogen and oxygen atoms in total. The van der Waals surface area contributed by atoms with Gasteiger partial charge >= 0.3 is 0 Å². The molecule has 1 saturated carbocycles. The first kappa shape index (κ1) is 17.4. The van der Waals surface area contributed by atoms with Crippen molar-refractivity contribution >= 4 is 12.0 Å². The molecule has 1 aromatic carbocycles. The molecular formula is C18H19N3O3. The highest BCUT2D eigenvalue weighted by atomic mass is 16.5. The Labute approximate surface area is 141 Å². The molecule has 0 atom stereocenters. The van der Waals surface area contributed by atoms with Gasteiger partial charge in [0.2, 0.25) is 0 Å². The van der Waals surface area contributed by atoms with Gasteiger partial charge < -0.3 is 14.8 Å². The maximum Gasteiger partial charge on any atom is 0.262 e. The molecule has 0 radical (unpaired) electrons. The third kappa shape index (κ3) is 4.50. The summed E-state index contributed by atoms with van der Waals surface area (Å²) < 4.78 is 10.5. The van der Waals surface area contributed by atoms with E-state index < -0.39 is 0 Å². The molecule has 24 heavy (non-hydrogen) atoms. The first-order chi connectivity index (χ1) is 11.7. The van der Waals surface area contributed by atoms with Gasteiger partial charge in [0.1, 0.15) is 17.7 Å². The fourth-order valence-corrected chi connectivity index (χ4v) is 2.65. The maximum atomic E-state index is 12.2. The Hall–Kier alpha value is -2.99. The Bertz CT molecular complexity index is 707. The normalized spacial score (nSPS) is 14.5. The third-order valence-electron chi connectivity index (χ3n) is 3.85. The lowest BCUT2D eigenvalue weighted by atomic mass is 10.1. The maximum absolute atomic E-state index is 12.2. The van der Waals surface area contributed by atoms with Crippen LogP contribution >= 0.6 is 0 Å². The molecule has 1 amide bonds. The molecule has 2 rings (SSSR count). The molecule has 0 aromatic heterocycles. The lowest BCUT2D eigenvalue weighted by molar-refractivity contribution is -0.117. The van der Waals surface area contributed by atoms with E-state index in [0.29, 0.717) is 17.1 Å². The second-order valence-corrected chi connectivity index (χ2v) is 5.48. The van der Waals surface area contributed by atoms with E-state index in [2.05, 4.69) is 5.32 Å². The molecule has 0 bridgehead atoms. The number of carbonyl (C=O) groups excluding carboxylic acids is 1. The largest absolute Gasteiger partial charge is 0.493 e. The number of benzene rings is 1. The monoisotopic (exact) mass is 325 g/mol. The highest BCUT2D eigenvalue weighted by Crippen LogP contribution is 2.29. The highest BCUT2D eigenvalue weighted by Gasteiger charge is 2.19. The van der Waals surface area contributed by atoms with Gasteiger partial charge in [-0.25, -0.2) is 0 Å². The molecule has 0 unspecified atom stereocenters. The molecule has 6 heteroatoms. The number of amides is 1. The second kappa shape index (κ2) is 8.59. The molecule has 124 valence electrons. The summed E-state index contributed by atoms with van der Waals surface area (Å²) in [5, 5.41) is 20.7. The van der Waals surface area contributed by atoms with Crippen molar-refractivity contribution in [3.63, 3.8) is 0 Å². The summed E-state index contributed by atoms with van der Waals surface area (Å²) in [6, 6.07) is 9.00. The van der Waals surface area contributed by atoms with Crippen molar-refractivity contribution < 1.29 is 14.3 Å². The minimum absolute atomic E-state index is 0.0506. The molecule has 1 aliphatic carbocycles. The summed E-state index contributed by atoms with van der Waals surface area (Å²) in [5.41, 5.74) is 0.698. The van der Waals surface area contributed by atoms with Crippen LogP contribution in [-0.4, -0.2) is 25.7 Å². The second-order valence-electron chi connectivity index (χ2n) is 5.48. The standard InChI is InChI=1S/C18H19N3O3/c1-23-17-11-13(6-7-16(17)24-9-8-19)10-14(12-20)18(22)21-15-4-2-3-5-15/h6-7,10-11,15H,2-5,9H2,1H3,(H,21,22)/b14-10+. The lowest BCUT2D eigenvalue weighted by Crippen LogP contribution is -2.33. The van der Waals surface area contributed by atoms with Crippen LogP contribution in [0.25, 0.3) is 6.08 Å². The van der Waals surface area contributed by atoms with Crippen LogP contribution in [0.1, 0.15) is 31.2 Å². The minimum atomic E-state index is -0.354. The number of hydrogen-bond donors (Lipinski definition) is 1. The van der Waals surface area contributed by atoms with E-state index in [1.165, 1.54) is 13.2 Å². The van der Waals surface area contributed by atoms with Gasteiger partial charge in [-0.2, -0.15) is 10.5 Å². The van der Waals surface area contributed by atoms with Gasteiger partial charge in [0.15, 0.2) is 18.1 Å². The number of nitrogens with zero attached hydrogens (tertiary/aromatic N) is 2. The summed E-state index contributed by atoms with van der Waals surface area (Å²) in [7, 11) is 1.49. The molecule has 0 heterocycles. The van der Waals surface area contributed by atoms with Gasteiger partial charge in [-0.1, -0.05) is 18.9 Å². The molecule has 1 N–H and O–H groups in total. The van der Waals surface area contributed by atoms with Crippen LogP contribution in [0, 0.1) is 22.7 Å². The van der Waals surface area contributed by atoms with Crippen molar-refractivity contribution in [2.75, 3.05) is 13.7 Å². The average molecular weight is 325 g/mol. The summed E-state index contributed by atoms with van der Waals surface area (Å²) in [6.45, 7) is -0.0845. The number of rotatable bonds is 6. The predicted molar refractivity (Wildman–Crippen MR) is 88.1 cm³/mol. The Kier molecular flexibility index (Phi) is 6.22. The molecule has 0 spiro atoms. The van der Waals surface area contributed by atoms with Crippen molar-refractivity contribution in [2.45, 2.75) is 31.7 Å². The molecule has 1 aromatic rings. The zero-order chi connectivity index (χ0) is 17.4. The van der Waals surface area contributed by atoms with E-state index in [1.54, 1.807) is 18.2 Å². The van der Waals surface area contributed by atoms with E-state index in [0.717, 1.165) is 25.7 Å². The first-order valence-electron chi connectivity index (χ1n) is 7.78. The molecule has 0 aliphatic heterocycles. The lowest BCUT2D eigenvalue weighted by Gasteiger charge is -2.11. The quantitative estimate of drug-likeness (QED) is 0.640. The van der Waals surface area contributed by atoms with Gasteiger partial charge in [-0.05, 0) is 36.6 Å². The van der Waals surface area contributed by atoms with Gasteiger partial charge in [0.05, 0.1) is 7.11 Å². The van der Waals surface area contributed by atoms with Crippen LogP contribution in [0.15, 0.2) is 23.8 Å². The Morgan fingerprint density at radius 2 is 2.08 bits per heavy atom. The van der Waals surface area contributed by atoms with Crippen LogP contribution in [0.5, 0.6) is 11.5 Å². The smallest absolute Gasteiger partial charge is 0.262 e. The van der Waals surface area contributed by atoms with Crippen molar-refractivity contribution in [3.05, 3.63) is 29.3 Å². The fourth-order valence-electron chi connectivity index (χ4n) is 2.65. The average Bonchev–Trinajstić information content (AvgIpc) is 3.11. The van der Waals surface area contributed by atoms with Gasteiger partial charge in [-0.15, -0.1) is 0 Å². The van der Waals surface area contributed by atoms with E-state index in [9.17, 15) is 10.1 Å². The van der Waals surface area contributed by atoms with Crippen molar-refractivity contribution in [1.82, 2.24) is 5.32 Å². The predicted octanol–water partition coefficient (Wildman–Crippen LogP) is 2.56. The van der Waals surface area contributed by atoms with E-state index in [-0.39, 0.29) is 24.1 Å². The zero-order valence-corrected chi connectivity index (χ0v) is 13.5. The number of ether oxygens (including phenoxy) is 2. The third-order valence-corrected chi connectivity index (χ3v) is 3.85. The molecule has 0 saturated heterocycles. The van der Waals surface area contributed by atoms with Crippen molar-refractivity contribution in [2.24, 2.45) is 0 Å². The van der Waals surface area contributed by atoms with E-state index in [1.807, 2.05) is 12.1 Å². The molecular weight excluding hydrogens is 306 g/mol. The summed E-state index contributed by atoms with van der Waals surface area (Å²) >= 11 is 0. The van der Waals surface area contributed by atoms with Gasteiger partial charge in [-0.3, -0.25) is 4.79 Å². The number of nitrogens with one attached hydrogen (secondary N) is 1. The first-order valence-corrected chi connectivity index (χ1v) is 7.78. The topological polar surface area (TPSA) is 95.1 Å². The summed E-state index contributed by atoms with van der Waals surface area (Å²) in [5.74, 6) is 0.519. The van der Waals surface area contributed by atoms with Crippen molar-refractivity contribution in [1.29, 1.82) is 10.5 Å². The Balaban J connectivity index is 2.16. The number of hydrogen-bond acceptors (Lipinski definition) is 5. The fraction of sp³-hybridized carbons (Fsp3) is 0.389. The van der Waals surface area contributed by atoms with E-state index in [4.69, 9.17) is 14.7 Å². The SMILES string of the molecule is COc1cc(/C=C(\C#N)C(=O)NC2CCCC2)ccc1OCC#N. The minimum Gasteiger partial charge on any atom is -0.493 e. The number of nitriles is 2. The van der Waals surface area contributed by atoms with Crippen LogP contribution in [0.3, 0.4) is 0 Å². The zero-order valence-electron chi connectivity index (χ0n) is 13.5. The highest BCUT2D eigenvalue weighted by molar-refractivity contribution is 6.01. The number of carbonyl (C=O) groups is 1. The van der Waals surface area contributed by atoms with Crippen LogP contribution in [-0.2, 0) is 4.79 Å². The van der Waals surface area contributed by atoms with E-state index >= 15 is 0 Å².